The van der Waals surface area contributed by atoms with E-state index in [0.29, 0.717) is 24.8 Å². The number of anilines is 1. The summed E-state index contributed by atoms with van der Waals surface area (Å²) in [7, 11) is 0. The van der Waals surface area contributed by atoms with Gasteiger partial charge in [-0.1, -0.05) is 18.5 Å². The van der Waals surface area contributed by atoms with Crippen LogP contribution >= 0.6 is 11.6 Å². The van der Waals surface area contributed by atoms with Crippen LogP contribution in [0.3, 0.4) is 0 Å². The summed E-state index contributed by atoms with van der Waals surface area (Å²) in [6.45, 7) is 3.32. The Bertz CT molecular complexity index is 1000. The fourth-order valence-electron chi connectivity index (χ4n) is 3.23. The van der Waals surface area contributed by atoms with Gasteiger partial charge in [-0.3, -0.25) is 0 Å². The summed E-state index contributed by atoms with van der Waals surface area (Å²) in [4.78, 5) is 10.1. The fourth-order valence-corrected chi connectivity index (χ4v) is 3.49. The van der Waals surface area contributed by atoms with Gasteiger partial charge in [-0.15, -0.1) is 0 Å². The lowest BCUT2D eigenvalue weighted by Gasteiger charge is -2.27. The lowest BCUT2D eigenvalue weighted by Crippen LogP contribution is -2.30. The van der Waals surface area contributed by atoms with Crippen LogP contribution in [0.5, 0.6) is 0 Å². The van der Waals surface area contributed by atoms with Crippen molar-refractivity contribution in [3.8, 4) is 11.1 Å². The van der Waals surface area contributed by atoms with Gasteiger partial charge in [0.05, 0.1) is 11.1 Å². The SMILES string of the molecule is CCCN(CC1CC1)c1c(-c2c(F)ccc(F)c2F)c(Cl)nc2ncnn12. The zero-order valence-electron chi connectivity index (χ0n) is 14.6. The second-order valence-corrected chi connectivity index (χ2v) is 7.04. The van der Waals surface area contributed by atoms with Gasteiger partial charge >= 0.3 is 0 Å². The summed E-state index contributed by atoms with van der Waals surface area (Å²) in [6.07, 6.45) is 4.29. The third kappa shape index (κ3) is 3.22. The Morgan fingerprint density at radius 3 is 2.63 bits per heavy atom. The Labute approximate surface area is 158 Å². The van der Waals surface area contributed by atoms with Gasteiger partial charge in [0.25, 0.3) is 5.78 Å². The minimum absolute atomic E-state index is 0.0155. The van der Waals surface area contributed by atoms with Gasteiger partial charge < -0.3 is 4.90 Å². The summed E-state index contributed by atoms with van der Waals surface area (Å²) in [5.74, 6) is -2.29. The second kappa shape index (κ2) is 6.99. The van der Waals surface area contributed by atoms with Gasteiger partial charge in [0, 0.05) is 13.1 Å². The molecule has 1 aromatic carbocycles. The summed E-state index contributed by atoms with van der Waals surface area (Å²) >= 11 is 6.32. The molecule has 0 bridgehead atoms. The molecule has 3 aromatic rings. The highest BCUT2D eigenvalue weighted by Crippen LogP contribution is 2.41. The van der Waals surface area contributed by atoms with Crippen LogP contribution in [0.15, 0.2) is 18.5 Å². The molecule has 5 nitrogen and oxygen atoms in total. The topological polar surface area (TPSA) is 46.3 Å². The molecule has 0 saturated heterocycles. The summed E-state index contributed by atoms with van der Waals surface area (Å²) in [5, 5.41) is 4.02. The largest absolute Gasteiger partial charge is 0.356 e. The van der Waals surface area contributed by atoms with E-state index in [9.17, 15) is 13.2 Å². The van der Waals surface area contributed by atoms with E-state index >= 15 is 0 Å². The van der Waals surface area contributed by atoms with Crippen LogP contribution in [0.1, 0.15) is 26.2 Å². The number of hydrogen-bond acceptors (Lipinski definition) is 4. The predicted octanol–water partition coefficient (Wildman–Crippen LogP) is 4.49. The number of fused-ring (bicyclic) bond motifs is 1. The van der Waals surface area contributed by atoms with Crippen molar-refractivity contribution in [2.45, 2.75) is 26.2 Å². The van der Waals surface area contributed by atoms with Crippen LogP contribution in [0.4, 0.5) is 19.0 Å². The highest BCUT2D eigenvalue weighted by Gasteiger charge is 2.31. The molecule has 1 saturated carbocycles. The quantitative estimate of drug-likeness (QED) is 0.456. The molecule has 1 fully saturated rings. The maximum Gasteiger partial charge on any atom is 0.255 e. The molecular weight excluding hydrogens is 379 g/mol. The minimum atomic E-state index is -1.30. The second-order valence-electron chi connectivity index (χ2n) is 6.68. The third-order valence-electron chi connectivity index (χ3n) is 4.62. The van der Waals surface area contributed by atoms with E-state index in [2.05, 4.69) is 15.1 Å². The van der Waals surface area contributed by atoms with Crippen molar-refractivity contribution in [1.82, 2.24) is 19.6 Å². The standard InChI is InChI=1S/C18H17ClF3N5/c1-2-7-26(8-10-3-4-10)17-14(13-11(20)5-6-12(21)15(13)22)16(19)25-18-23-9-24-27(17)18/h5-6,9-10H,2-4,7-8H2,1H3. The van der Waals surface area contributed by atoms with E-state index in [-0.39, 0.29) is 16.5 Å². The lowest BCUT2D eigenvalue weighted by atomic mass is 10.1. The molecule has 0 spiro atoms. The molecule has 4 rings (SSSR count). The maximum atomic E-state index is 14.6. The zero-order chi connectivity index (χ0) is 19.1. The monoisotopic (exact) mass is 395 g/mol. The summed E-state index contributed by atoms with van der Waals surface area (Å²) in [5.41, 5.74) is -0.560. The minimum Gasteiger partial charge on any atom is -0.356 e. The third-order valence-corrected chi connectivity index (χ3v) is 4.89. The molecule has 142 valence electrons. The Morgan fingerprint density at radius 2 is 1.93 bits per heavy atom. The van der Waals surface area contributed by atoms with Crippen LogP contribution in [0.25, 0.3) is 16.9 Å². The number of hydrogen-bond donors (Lipinski definition) is 0. The van der Waals surface area contributed by atoms with Crippen LogP contribution in [-0.2, 0) is 0 Å². The average Bonchev–Trinajstić information content (AvgIpc) is 3.33. The lowest BCUT2D eigenvalue weighted by molar-refractivity contribution is 0.498. The predicted molar refractivity (Wildman–Crippen MR) is 96.3 cm³/mol. The first-order valence-corrected chi connectivity index (χ1v) is 9.17. The van der Waals surface area contributed by atoms with Crippen LogP contribution < -0.4 is 4.90 Å². The first kappa shape index (κ1) is 18.0. The van der Waals surface area contributed by atoms with E-state index in [1.165, 1.54) is 10.8 Å². The van der Waals surface area contributed by atoms with E-state index in [4.69, 9.17) is 11.6 Å². The van der Waals surface area contributed by atoms with Gasteiger partial charge in [-0.05, 0) is 37.3 Å². The first-order chi connectivity index (χ1) is 13.0. The maximum absolute atomic E-state index is 14.6. The molecule has 2 heterocycles. The van der Waals surface area contributed by atoms with E-state index in [1.807, 2.05) is 11.8 Å². The van der Waals surface area contributed by atoms with Crippen molar-refractivity contribution in [2.24, 2.45) is 5.92 Å². The Kier molecular flexibility index (Phi) is 4.67. The van der Waals surface area contributed by atoms with Crippen LogP contribution in [-0.4, -0.2) is 32.7 Å². The molecule has 2 aromatic heterocycles. The molecule has 1 aliphatic rings. The fraction of sp³-hybridized carbons (Fsp3) is 0.389. The summed E-state index contributed by atoms with van der Waals surface area (Å²) < 4.78 is 44.4. The number of rotatable bonds is 6. The number of aromatic nitrogens is 4. The van der Waals surface area contributed by atoms with Gasteiger partial charge in [0.2, 0.25) is 0 Å². The van der Waals surface area contributed by atoms with Crippen molar-refractivity contribution in [3.63, 3.8) is 0 Å². The molecule has 9 heteroatoms. The molecule has 0 atom stereocenters. The molecule has 27 heavy (non-hydrogen) atoms. The Morgan fingerprint density at radius 1 is 1.19 bits per heavy atom. The van der Waals surface area contributed by atoms with E-state index in [0.717, 1.165) is 31.4 Å². The van der Waals surface area contributed by atoms with Gasteiger partial charge in [0.1, 0.15) is 23.1 Å². The number of nitrogens with zero attached hydrogens (tertiary/aromatic N) is 5. The molecule has 0 radical (unpaired) electrons. The van der Waals surface area contributed by atoms with Gasteiger partial charge in [-0.25, -0.2) is 13.2 Å². The first-order valence-electron chi connectivity index (χ1n) is 8.79. The number of benzene rings is 1. The van der Waals surface area contributed by atoms with Crippen molar-refractivity contribution < 1.29 is 13.2 Å². The Hall–Kier alpha value is -2.35. The molecule has 0 amide bonds. The molecule has 0 unspecified atom stereocenters. The van der Waals surface area contributed by atoms with Crippen molar-refractivity contribution in [3.05, 3.63) is 41.1 Å². The highest BCUT2D eigenvalue weighted by atomic mass is 35.5. The van der Waals surface area contributed by atoms with Crippen molar-refractivity contribution >= 4 is 23.2 Å². The van der Waals surface area contributed by atoms with E-state index < -0.39 is 23.0 Å². The van der Waals surface area contributed by atoms with Crippen molar-refractivity contribution in [1.29, 1.82) is 0 Å². The average molecular weight is 396 g/mol. The molecule has 0 aliphatic heterocycles. The van der Waals surface area contributed by atoms with E-state index in [1.54, 1.807) is 0 Å². The van der Waals surface area contributed by atoms with Crippen molar-refractivity contribution in [2.75, 3.05) is 18.0 Å². The van der Waals surface area contributed by atoms with Gasteiger partial charge in [-0.2, -0.15) is 19.6 Å². The molecule has 0 N–H and O–H groups in total. The van der Waals surface area contributed by atoms with Gasteiger partial charge in [0.15, 0.2) is 11.6 Å². The molecular formula is C18H17ClF3N5. The van der Waals surface area contributed by atoms with Crippen LogP contribution in [0.2, 0.25) is 5.15 Å². The van der Waals surface area contributed by atoms with Crippen LogP contribution in [0, 0.1) is 23.4 Å². The highest BCUT2D eigenvalue weighted by molar-refractivity contribution is 6.33. The number of halogens is 4. The summed E-state index contributed by atoms with van der Waals surface area (Å²) in [6, 6.07) is 1.63. The smallest absolute Gasteiger partial charge is 0.255 e. The normalized spacial score (nSPS) is 14.1. The zero-order valence-corrected chi connectivity index (χ0v) is 15.3. The Balaban J connectivity index is 2.02. The molecule has 1 aliphatic carbocycles.